The minimum atomic E-state index is -3.88. The highest BCUT2D eigenvalue weighted by molar-refractivity contribution is 7.89. The molecule has 0 spiro atoms. The Balaban J connectivity index is 2.27. The van der Waals surface area contributed by atoms with Gasteiger partial charge in [-0.15, -0.1) is 0 Å². The normalized spacial score (nSPS) is 12.6. The maximum absolute atomic E-state index is 13.2. The molecule has 114 valence electrons. The first-order valence-electron chi connectivity index (χ1n) is 6.31. The van der Waals surface area contributed by atoms with Crippen LogP contribution in [-0.4, -0.2) is 8.42 Å². The van der Waals surface area contributed by atoms with Crippen LogP contribution in [0.25, 0.3) is 0 Å². The van der Waals surface area contributed by atoms with Gasteiger partial charge in [0, 0.05) is 6.04 Å². The van der Waals surface area contributed by atoms with Crippen LogP contribution >= 0.6 is 0 Å². The van der Waals surface area contributed by atoms with Crippen LogP contribution in [0.1, 0.15) is 24.1 Å². The molecule has 7 heteroatoms. The highest BCUT2D eigenvalue weighted by atomic mass is 32.2. The average Bonchev–Trinajstić information content (AvgIpc) is 2.49. The SMILES string of the molecule is C[C@H](NS(=O)(=O)c1cccc(C#N)c1)c1ccc(F)c(F)c1. The lowest BCUT2D eigenvalue weighted by Gasteiger charge is -2.15. The maximum atomic E-state index is 13.2. The summed E-state index contributed by atoms with van der Waals surface area (Å²) in [5.74, 6) is -2.05. The summed E-state index contributed by atoms with van der Waals surface area (Å²) in [6, 6.07) is 9.80. The fourth-order valence-corrected chi connectivity index (χ4v) is 3.16. The van der Waals surface area contributed by atoms with Crippen LogP contribution in [0.4, 0.5) is 8.78 Å². The summed E-state index contributed by atoms with van der Waals surface area (Å²) >= 11 is 0. The molecule has 1 N–H and O–H groups in total. The van der Waals surface area contributed by atoms with Gasteiger partial charge in [0.2, 0.25) is 10.0 Å². The third-order valence-electron chi connectivity index (χ3n) is 3.05. The average molecular weight is 322 g/mol. The molecular weight excluding hydrogens is 310 g/mol. The van der Waals surface area contributed by atoms with Crippen molar-refractivity contribution in [1.29, 1.82) is 5.26 Å². The first-order valence-corrected chi connectivity index (χ1v) is 7.79. The van der Waals surface area contributed by atoms with Crippen LogP contribution < -0.4 is 4.72 Å². The van der Waals surface area contributed by atoms with E-state index in [1.165, 1.54) is 37.3 Å². The van der Waals surface area contributed by atoms with E-state index in [-0.39, 0.29) is 10.5 Å². The predicted molar refractivity (Wildman–Crippen MR) is 76.3 cm³/mol. The van der Waals surface area contributed by atoms with Crippen LogP contribution in [0.3, 0.4) is 0 Å². The van der Waals surface area contributed by atoms with Crippen molar-refractivity contribution in [3.8, 4) is 6.07 Å². The minimum Gasteiger partial charge on any atom is -0.207 e. The monoisotopic (exact) mass is 322 g/mol. The summed E-state index contributed by atoms with van der Waals surface area (Å²) in [5, 5.41) is 8.80. The molecule has 0 fully saturated rings. The molecular formula is C15H12F2N2O2S. The van der Waals surface area contributed by atoms with Gasteiger partial charge in [0.1, 0.15) is 0 Å². The third-order valence-corrected chi connectivity index (χ3v) is 4.59. The zero-order chi connectivity index (χ0) is 16.3. The molecule has 22 heavy (non-hydrogen) atoms. The van der Waals surface area contributed by atoms with E-state index >= 15 is 0 Å². The Bertz CT molecular complexity index is 845. The zero-order valence-electron chi connectivity index (χ0n) is 11.5. The highest BCUT2D eigenvalue weighted by Crippen LogP contribution is 2.19. The predicted octanol–water partition coefficient (Wildman–Crippen LogP) is 2.88. The Morgan fingerprint density at radius 2 is 1.86 bits per heavy atom. The second kappa shape index (κ2) is 6.22. The van der Waals surface area contributed by atoms with E-state index in [2.05, 4.69) is 4.72 Å². The van der Waals surface area contributed by atoms with Crippen molar-refractivity contribution < 1.29 is 17.2 Å². The van der Waals surface area contributed by atoms with Crippen molar-refractivity contribution in [1.82, 2.24) is 4.72 Å². The summed E-state index contributed by atoms with van der Waals surface area (Å²) in [4.78, 5) is -0.0685. The molecule has 4 nitrogen and oxygen atoms in total. The van der Waals surface area contributed by atoms with Gasteiger partial charge in [0.15, 0.2) is 11.6 Å². The molecule has 0 aliphatic carbocycles. The van der Waals surface area contributed by atoms with Crippen molar-refractivity contribution in [2.24, 2.45) is 0 Å². The molecule has 2 rings (SSSR count). The van der Waals surface area contributed by atoms with E-state index in [0.29, 0.717) is 5.56 Å². The highest BCUT2D eigenvalue weighted by Gasteiger charge is 2.19. The smallest absolute Gasteiger partial charge is 0.207 e. The molecule has 0 amide bonds. The number of nitriles is 1. The topological polar surface area (TPSA) is 70.0 Å². The molecule has 0 saturated carbocycles. The zero-order valence-corrected chi connectivity index (χ0v) is 12.4. The number of benzene rings is 2. The van der Waals surface area contributed by atoms with Gasteiger partial charge in [0.25, 0.3) is 0 Å². The van der Waals surface area contributed by atoms with Crippen molar-refractivity contribution in [2.45, 2.75) is 17.9 Å². The Labute approximate surface area is 127 Å². The van der Waals surface area contributed by atoms with E-state index in [1.807, 2.05) is 6.07 Å². The van der Waals surface area contributed by atoms with Crippen LogP contribution in [0.15, 0.2) is 47.4 Å². The van der Waals surface area contributed by atoms with Gasteiger partial charge in [-0.1, -0.05) is 12.1 Å². The Hall–Kier alpha value is -2.30. The molecule has 0 bridgehead atoms. The first kappa shape index (κ1) is 16.1. The summed E-state index contributed by atoms with van der Waals surface area (Å²) < 4.78 is 53.0. The van der Waals surface area contributed by atoms with E-state index in [0.717, 1.165) is 12.1 Å². The molecule has 0 aliphatic heterocycles. The molecule has 2 aromatic rings. The molecule has 1 atom stereocenters. The molecule has 0 unspecified atom stereocenters. The summed E-state index contributed by atoms with van der Waals surface area (Å²) in [6.45, 7) is 1.51. The summed E-state index contributed by atoms with van der Waals surface area (Å²) in [6.07, 6.45) is 0. The van der Waals surface area contributed by atoms with Crippen molar-refractivity contribution in [3.63, 3.8) is 0 Å². The number of halogens is 2. The Morgan fingerprint density at radius 1 is 1.14 bits per heavy atom. The van der Waals surface area contributed by atoms with Crippen LogP contribution in [0.5, 0.6) is 0 Å². The third kappa shape index (κ3) is 3.47. The number of hydrogen-bond acceptors (Lipinski definition) is 3. The molecule has 0 saturated heterocycles. The summed E-state index contributed by atoms with van der Waals surface area (Å²) in [5.41, 5.74) is 0.502. The van der Waals surface area contributed by atoms with Crippen molar-refractivity contribution in [2.75, 3.05) is 0 Å². The lowest BCUT2D eigenvalue weighted by molar-refractivity contribution is 0.504. The number of hydrogen-bond donors (Lipinski definition) is 1. The van der Waals surface area contributed by atoms with Gasteiger partial charge in [0.05, 0.1) is 16.5 Å². The van der Waals surface area contributed by atoms with Gasteiger partial charge >= 0.3 is 0 Å². The van der Waals surface area contributed by atoms with Gasteiger partial charge in [-0.05, 0) is 42.8 Å². The van der Waals surface area contributed by atoms with Crippen molar-refractivity contribution in [3.05, 3.63) is 65.2 Å². The fraction of sp³-hybridized carbons (Fsp3) is 0.133. The number of nitrogens with zero attached hydrogens (tertiary/aromatic N) is 1. The molecule has 2 aromatic carbocycles. The molecule has 0 aliphatic rings. The van der Waals surface area contributed by atoms with Gasteiger partial charge in [-0.2, -0.15) is 5.26 Å². The molecule has 0 aromatic heterocycles. The van der Waals surface area contributed by atoms with E-state index in [9.17, 15) is 17.2 Å². The second-order valence-corrected chi connectivity index (χ2v) is 6.37. The quantitative estimate of drug-likeness (QED) is 0.941. The first-order chi connectivity index (χ1) is 10.3. The molecule has 0 heterocycles. The van der Waals surface area contributed by atoms with Gasteiger partial charge < -0.3 is 0 Å². The second-order valence-electron chi connectivity index (χ2n) is 4.66. The Kier molecular flexibility index (Phi) is 4.54. The van der Waals surface area contributed by atoms with Crippen LogP contribution in [-0.2, 0) is 10.0 Å². The minimum absolute atomic E-state index is 0.0685. The van der Waals surface area contributed by atoms with E-state index < -0.39 is 27.7 Å². The molecule has 0 radical (unpaired) electrons. The lowest BCUT2D eigenvalue weighted by Crippen LogP contribution is -2.27. The van der Waals surface area contributed by atoms with E-state index in [4.69, 9.17) is 5.26 Å². The Morgan fingerprint density at radius 3 is 2.50 bits per heavy atom. The van der Waals surface area contributed by atoms with Gasteiger partial charge in [-0.3, -0.25) is 0 Å². The maximum Gasteiger partial charge on any atom is 0.241 e. The number of nitrogens with one attached hydrogen (secondary N) is 1. The fourth-order valence-electron chi connectivity index (χ4n) is 1.88. The largest absolute Gasteiger partial charge is 0.241 e. The van der Waals surface area contributed by atoms with Crippen LogP contribution in [0.2, 0.25) is 0 Å². The van der Waals surface area contributed by atoms with Crippen LogP contribution in [0, 0.1) is 23.0 Å². The lowest BCUT2D eigenvalue weighted by atomic mass is 10.1. The standard InChI is InChI=1S/C15H12F2N2O2S/c1-10(12-5-6-14(16)15(17)8-12)19-22(20,21)13-4-2-3-11(7-13)9-18/h2-8,10,19H,1H3/t10-/m0/s1. The summed E-state index contributed by atoms with van der Waals surface area (Å²) in [7, 11) is -3.88. The van der Waals surface area contributed by atoms with Gasteiger partial charge in [-0.25, -0.2) is 21.9 Å². The number of sulfonamides is 1. The van der Waals surface area contributed by atoms with E-state index in [1.54, 1.807) is 0 Å². The van der Waals surface area contributed by atoms with Crippen molar-refractivity contribution >= 4 is 10.0 Å². The number of rotatable bonds is 4.